The minimum atomic E-state index is -1.56. The Labute approximate surface area is 387 Å². The van der Waals surface area contributed by atoms with Crippen molar-refractivity contribution < 1.29 is 39.8 Å². The highest BCUT2D eigenvalue weighted by Crippen LogP contribution is 2.23. The number of aliphatic hydroxyl groups is 5. The lowest BCUT2D eigenvalue weighted by atomic mass is 9.99. The average Bonchev–Trinajstić information content (AvgIpc) is 3.28. The summed E-state index contributed by atoms with van der Waals surface area (Å²) >= 11 is 0. The van der Waals surface area contributed by atoms with Crippen molar-refractivity contribution in [3.8, 4) is 0 Å². The van der Waals surface area contributed by atoms with E-state index in [-0.39, 0.29) is 12.5 Å². The molecule has 0 bridgehead atoms. The maximum atomic E-state index is 12.9. The zero-order chi connectivity index (χ0) is 45.9. The van der Waals surface area contributed by atoms with Crippen LogP contribution in [0.15, 0.2) is 36.5 Å². The van der Waals surface area contributed by atoms with Crippen LogP contribution in [0.1, 0.15) is 245 Å². The van der Waals surface area contributed by atoms with Crippen LogP contribution in [0.5, 0.6) is 0 Å². The van der Waals surface area contributed by atoms with Gasteiger partial charge in [0.2, 0.25) is 5.91 Å². The fourth-order valence-corrected chi connectivity index (χ4v) is 8.42. The van der Waals surface area contributed by atoms with Crippen molar-refractivity contribution in [2.24, 2.45) is 0 Å². The number of hydrogen-bond donors (Lipinski definition) is 6. The number of carbonyl (C=O) groups excluding carboxylic acids is 1. The number of aliphatic hydroxyl groups excluding tert-OH is 5. The fourth-order valence-electron chi connectivity index (χ4n) is 8.42. The molecule has 1 aliphatic rings. The van der Waals surface area contributed by atoms with Gasteiger partial charge in [-0.1, -0.05) is 224 Å². The molecule has 0 saturated carbocycles. The number of allylic oxidation sites excluding steroid dienone is 5. The molecule has 7 atom stereocenters. The third-order valence-electron chi connectivity index (χ3n) is 12.7. The average molecular weight is 892 g/mol. The van der Waals surface area contributed by atoms with Crippen molar-refractivity contribution >= 4 is 5.91 Å². The summed E-state index contributed by atoms with van der Waals surface area (Å²) in [7, 11) is 0. The summed E-state index contributed by atoms with van der Waals surface area (Å²) in [6.45, 7) is 3.66. The van der Waals surface area contributed by atoms with Gasteiger partial charge in [0.15, 0.2) is 6.29 Å². The first-order valence-corrected chi connectivity index (χ1v) is 26.7. The van der Waals surface area contributed by atoms with Gasteiger partial charge in [0.25, 0.3) is 0 Å². The number of carbonyl (C=O) groups is 1. The Morgan fingerprint density at radius 3 is 1.40 bits per heavy atom. The Morgan fingerprint density at radius 1 is 0.540 bits per heavy atom. The quantitative estimate of drug-likeness (QED) is 0.0261. The number of hydrogen-bond acceptors (Lipinski definition) is 8. The van der Waals surface area contributed by atoms with E-state index in [4.69, 9.17) is 9.47 Å². The fraction of sp³-hybridized carbons (Fsp3) is 0.870. The Morgan fingerprint density at radius 2 is 0.937 bits per heavy atom. The van der Waals surface area contributed by atoms with Crippen molar-refractivity contribution in [2.45, 2.75) is 288 Å². The van der Waals surface area contributed by atoms with Crippen molar-refractivity contribution in [2.75, 3.05) is 13.2 Å². The van der Waals surface area contributed by atoms with Crippen molar-refractivity contribution in [1.82, 2.24) is 5.32 Å². The molecule has 1 saturated heterocycles. The monoisotopic (exact) mass is 892 g/mol. The molecule has 0 radical (unpaired) electrons. The summed E-state index contributed by atoms with van der Waals surface area (Å²) in [4.78, 5) is 12.9. The lowest BCUT2D eigenvalue weighted by molar-refractivity contribution is -0.302. The van der Waals surface area contributed by atoms with Gasteiger partial charge >= 0.3 is 0 Å². The summed E-state index contributed by atoms with van der Waals surface area (Å²) in [5, 5.41) is 53.8. The van der Waals surface area contributed by atoms with Crippen LogP contribution in [0.4, 0.5) is 0 Å². The molecule has 1 heterocycles. The van der Waals surface area contributed by atoms with Crippen LogP contribution >= 0.6 is 0 Å². The van der Waals surface area contributed by atoms with Crippen molar-refractivity contribution in [3.63, 3.8) is 0 Å². The van der Waals surface area contributed by atoms with Crippen LogP contribution in [0.2, 0.25) is 0 Å². The van der Waals surface area contributed by atoms with Crippen LogP contribution in [-0.4, -0.2) is 87.5 Å². The molecule has 0 aromatic carbocycles. The van der Waals surface area contributed by atoms with Gasteiger partial charge in [-0.25, -0.2) is 0 Å². The zero-order valence-corrected chi connectivity index (χ0v) is 40.8. The number of amides is 1. The molecule has 9 heteroatoms. The molecule has 0 aromatic rings. The lowest BCUT2D eigenvalue weighted by Crippen LogP contribution is -2.60. The molecule has 1 amide bonds. The largest absolute Gasteiger partial charge is 0.394 e. The van der Waals surface area contributed by atoms with E-state index < -0.39 is 49.5 Å². The molecule has 0 aromatic heterocycles. The third-order valence-corrected chi connectivity index (χ3v) is 12.7. The topological polar surface area (TPSA) is 149 Å². The van der Waals surface area contributed by atoms with E-state index in [2.05, 4.69) is 43.5 Å². The molecular weight excluding hydrogens is 791 g/mol. The van der Waals surface area contributed by atoms with Crippen LogP contribution < -0.4 is 5.32 Å². The predicted octanol–water partition coefficient (Wildman–Crippen LogP) is 12.4. The Hall–Kier alpha value is -1.59. The van der Waals surface area contributed by atoms with Gasteiger partial charge in [-0.05, 0) is 51.4 Å². The predicted molar refractivity (Wildman–Crippen MR) is 263 cm³/mol. The van der Waals surface area contributed by atoms with Gasteiger partial charge < -0.3 is 40.3 Å². The molecule has 0 aliphatic carbocycles. The molecule has 370 valence electrons. The van der Waals surface area contributed by atoms with E-state index in [1.54, 1.807) is 6.08 Å². The number of rotatable bonds is 45. The van der Waals surface area contributed by atoms with Gasteiger partial charge in [-0.15, -0.1) is 0 Å². The molecule has 1 fully saturated rings. The molecule has 0 spiro atoms. The van der Waals surface area contributed by atoms with Crippen LogP contribution in [0, 0.1) is 0 Å². The first kappa shape index (κ1) is 59.4. The summed E-state index contributed by atoms with van der Waals surface area (Å²) < 4.78 is 11.1. The molecule has 9 nitrogen and oxygen atoms in total. The van der Waals surface area contributed by atoms with Gasteiger partial charge in [0.1, 0.15) is 24.4 Å². The second-order valence-electron chi connectivity index (χ2n) is 18.7. The standard InChI is InChI=1S/C54H101NO8/c1-3-5-7-9-10-11-12-13-14-15-16-17-18-19-20-21-22-23-24-25-26-27-28-29-30-31-32-33-34-35-36-37-38-40-42-44-50(58)55-47(48(57)43-41-39-8-6-4-2)46-62-54-53(61)52(60)51(59)49(45-56)63-54/h12-13,15-16,41,43,47-49,51-54,56-57,59-61H,3-11,14,17-40,42,44-46H2,1-2H3,(H,55,58)/b13-12-,16-15-,43-41+. The minimum Gasteiger partial charge on any atom is -0.394 e. The minimum absolute atomic E-state index is 0.181. The second-order valence-corrected chi connectivity index (χ2v) is 18.7. The second kappa shape index (κ2) is 44.3. The number of unbranched alkanes of at least 4 members (excludes halogenated alkanes) is 31. The lowest BCUT2D eigenvalue weighted by Gasteiger charge is -2.40. The van der Waals surface area contributed by atoms with Crippen LogP contribution in [-0.2, 0) is 14.3 Å². The van der Waals surface area contributed by atoms with Gasteiger partial charge in [-0.3, -0.25) is 4.79 Å². The van der Waals surface area contributed by atoms with E-state index in [0.717, 1.165) is 51.4 Å². The SMILES string of the molecule is CCCCC/C=C/C(O)C(COC1OC(CO)C(O)C(O)C1O)NC(=O)CCCCCCCCCCCCCCCCCCCCCCCCC/C=C\C/C=C\CCCCCCC. The molecule has 1 aliphatic heterocycles. The maximum Gasteiger partial charge on any atom is 0.220 e. The smallest absolute Gasteiger partial charge is 0.220 e. The number of nitrogens with one attached hydrogen (secondary N) is 1. The van der Waals surface area contributed by atoms with Crippen molar-refractivity contribution in [1.29, 1.82) is 0 Å². The van der Waals surface area contributed by atoms with Crippen molar-refractivity contribution in [3.05, 3.63) is 36.5 Å². The Bertz CT molecular complexity index is 1080. The highest BCUT2D eigenvalue weighted by atomic mass is 16.7. The van der Waals surface area contributed by atoms with Gasteiger partial charge in [0.05, 0.1) is 25.4 Å². The summed E-state index contributed by atoms with van der Waals surface area (Å²) in [6, 6.07) is -0.798. The summed E-state index contributed by atoms with van der Waals surface area (Å²) in [5.41, 5.74) is 0. The first-order chi connectivity index (χ1) is 30.8. The highest BCUT2D eigenvalue weighted by molar-refractivity contribution is 5.76. The zero-order valence-electron chi connectivity index (χ0n) is 40.8. The summed E-state index contributed by atoms with van der Waals surface area (Å²) in [5.74, 6) is -0.181. The van der Waals surface area contributed by atoms with Gasteiger partial charge in [0, 0.05) is 6.42 Å². The van der Waals surface area contributed by atoms with Crippen LogP contribution in [0.3, 0.4) is 0 Å². The maximum absolute atomic E-state index is 12.9. The molecule has 63 heavy (non-hydrogen) atoms. The Kier molecular flexibility index (Phi) is 41.7. The van der Waals surface area contributed by atoms with Gasteiger partial charge in [-0.2, -0.15) is 0 Å². The first-order valence-electron chi connectivity index (χ1n) is 26.7. The van der Waals surface area contributed by atoms with Crippen LogP contribution in [0.25, 0.3) is 0 Å². The molecule has 6 N–H and O–H groups in total. The highest BCUT2D eigenvalue weighted by Gasteiger charge is 2.44. The number of ether oxygens (including phenoxy) is 2. The van der Waals surface area contributed by atoms with E-state index in [1.165, 1.54) is 173 Å². The van der Waals surface area contributed by atoms with E-state index in [9.17, 15) is 30.3 Å². The molecule has 1 rings (SSSR count). The summed E-state index contributed by atoms with van der Waals surface area (Å²) in [6.07, 6.45) is 50.1. The Balaban J connectivity index is 1.97. The van der Waals surface area contributed by atoms with E-state index in [0.29, 0.717) is 6.42 Å². The molecule has 7 unspecified atom stereocenters. The molecular formula is C54H101NO8. The van der Waals surface area contributed by atoms with E-state index >= 15 is 0 Å². The third kappa shape index (κ3) is 34.4. The van der Waals surface area contributed by atoms with E-state index in [1.807, 2.05) is 6.08 Å². The normalized spacial score (nSPS) is 20.4.